The summed E-state index contributed by atoms with van der Waals surface area (Å²) in [5, 5.41) is 8.96. The molecule has 0 spiro atoms. The normalized spacial score (nSPS) is 23.4. The molecule has 1 aliphatic heterocycles. The van der Waals surface area contributed by atoms with Gasteiger partial charge in [0.1, 0.15) is 6.04 Å². The first kappa shape index (κ1) is 13.4. The third-order valence-corrected chi connectivity index (χ3v) is 3.75. The number of hydrogen-bond acceptors (Lipinski definition) is 3. The summed E-state index contributed by atoms with van der Waals surface area (Å²) < 4.78 is 0. The van der Waals surface area contributed by atoms with Crippen LogP contribution in [0.4, 0.5) is 5.69 Å². The Morgan fingerprint density at radius 3 is 2.84 bits per heavy atom. The van der Waals surface area contributed by atoms with Crippen molar-refractivity contribution in [3.8, 4) is 6.07 Å². The van der Waals surface area contributed by atoms with Crippen LogP contribution in [-0.2, 0) is 4.79 Å². The summed E-state index contributed by atoms with van der Waals surface area (Å²) in [6.07, 6.45) is 0.226. The molecule has 100 valence electrons. The fourth-order valence-corrected chi connectivity index (χ4v) is 2.50. The number of hydrogen-bond donors (Lipinski definition) is 0. The molecule has 1 fully saturated rings. The van der Waals surface area contributed by atoms with Gasteiger partial charge in [-0.05, 0) is 31.5 Å². The molecule has 0 aromatic heterocycles. The molecule has 4 nitrogen and oxygen atoms in total. The first-order valence-electron chi connectivity index (χ1n) is 6.51. The molecule has 1 aliphatic rings. The van der Waals surface area contributed by atoms with Gasteiger partial charge in [-0.25, -0.2) is 0 Å². The van der Waals surface area contributed by atoms with E-state index >= 15 is 0 Å². The van der Waals surface area contributed by atoms with Crippen LogP contribution < -0.4 is 4.90 Å². The van der Waals surface area contributed by atoms with E-state index in [4.69, 9.17) is 5.26 Å². The minimum Gasteiger partial charge on any atom is -0.357 e. The second-order valence-electron chi connectivity index (χ2n) is 5.17. The zero-order valence-corrected chi connectivity index (χ0v) is 11.6. The lowest BCUT2D eigenvalue weighted by Crippen LogP contribution is -2.59. The smallest absolute Gasteiger partial charge is 0.246 e. The zero-order valence-electron chi connectivity index (χ0n) is 11.6. The Balaban J connectivity index is 2.36. The Labute approximate surface area is 114 Å². The molecule has 0 N–H and O–H groups in total. The van der Waals surface area contributed by atoms with Gasteiger partial charge in [0.25, 0.3) is 0 Å². The number of aryl methyl sites for hydroxylation is 1. The molecule has 4 heteroatoms. The van der Waals surface area contributed by atoms with Crippen molar-refractivity contribution < 1.29 is 4.79 Å². The van der Waals surface area contributed by atoms with E-state index < -0.39 is 0 Å². The van der Waals surface area contributed by atoms with Crippen LogP contribution in [-0.4, -0.2) is 36.5 Å². The number of nitriles is 1. The van der Waals surface area contributed by atoms with Crippen LogP contribution in [0, 0.1) is 18.3 Å². The van der Waals surface area contributed by atoms with Gasteiger partial charge in [0.05, 0.1) is 12.5 Å². The highest BCUT2D eigenvalue weighted by molar-refractivity contribution is 5.87. The van der Waals surface area contributed by atoms with Crippen molar-refractivity contribution in [1.29, 1.82) is 5.26 Å². The van der Waals surface area contributed by atoms with Gasteiger partial charge >= 0.3 is 0 Å². The summed E-state index contributed by atoms with van der Waals surface area (Å²) >= 11 is 0. The first-order valence-corrected chi connectivity index (χ1v) is 6.51. The van der Waals surface area contributed by atoms with Crippen LogP contribution >= 0.6 is 0 Å². The molecule has 0 aliphatic carbocycles. The molecule has 1 amide bonds. The molecule has 0 radical (unpaired) electrons. The highest BCUT2D eigenvalue weighted by Gasteiger charge is 2.36. The van der Waals surface area contributed by atoms with Crippen LogP contribution in [0.25, 0.3) is 0 Å². The van der Waals surface area contributed by atoms with Gasteiger partial charge < -0.3 is 9.80 Å². The van der Waals surface area contributed by atoms with Crippen LogP contribution in [0.15, 0.2) is 24.3 Å². The van der Waals surface area contributed by atoms with Crippen LogP contribution in [0.2, 0.25) is 0 Å². The van der Waals surface area contributed by atoms with Crippen LogP contribution in [0.3, 0.4) is 0 Å². The molecular formula is C15H19N3O. The molecular weight excluding hydrogens is 238 g/mol. The number of amides is 1. The maximum Gasteiger partial charge on any atom is 0.246 e. The van der Waals surface area contributed by atoms with Crippen molar-refractivity contribution in [2.75, 3.05) is 18.5 Å². The average molecular weight is 257 g/mol. The lowest BCUT2D eigenvalue weighted by atomic mass is 10.0. The van der Waals surface area contributed by atoms with E-state index in [-0.39, 0.29) is 24.4 Å². The summed E-state index contributed by atoms with van der Waals surface area (Å²) in [6.45, 7) is 4.82. The highest BCUT2D eigenvalue weighted by atomic mass is 16.2. The summed E-state index contributed by atoms with van der Waals surface area (Å²) in [4.78, 5) is 16.1. The predicted molar refractivity (Wildman–Crippen MR) is 74.8 cm³/mol. The van der Waals surface area contributed by atoms with E-state index in [0.29, 0.717) is 0 Å². The molecule has 1 aromatic rings. The van der Waals surface area contributed by atoms with Gasteiger partial charge in [-0.1, -0.05) is 12.1 Å². The number of likely N-dealkylation sites (N-methyl/N-ethyl adjacent to an activating group) is 1. The lowest BCUT2D eigenvalue weighted by Gasteiger charge is -2.43. The lowest BCUT2D eigenvalue weighted by molar-refractivity contribution is -0.134. The average Bonchev–Trinajstić information content (AvgIpc) is 2.39. The Bertz CT molecular complexity index is 520. The number of carbonyl (C=O) groups excluding carboxylic acids is 1. The van der Waals surface area contributed by atoms with E-state index in [9.17, 15) is 4.79 Å². The quantitative estimate of drug-likeness (QED) is 0.813. The van der Waals surface area contributed by atoms with Gasteiger partial charge in [-0.2, -0.15) is 5.26 Å². The third kappa shape index (κ3) is 2.55. The Kier molecular flexibility index (Phi) is 3.75. The first-order chi connectivity index (χ1) is 9.04. The third-order valence-electron chi connectivity index (χ3n) is 3.75. The van der Waals surface area contributed by atoms with E-state index in [1.165, 1.54) is 0 Å². The maximum absolute atomic E-state index is 12.3. The summed E-state index contributed by atoms with van der Waals surface area (Å²) in [5.74, 6) is 0.0295. The van der Waals surface area contributed by atoms with E-state index in [2.05, 4.69) is 17.0 Å². The summed E-state index contributed by atoms with van der Waals surface area (Å²) in [7, 11) is 1.81. The van der Waals surface area contributed by atoms with E-state index in [0.717, 1.165) is 17.8 Å². The van der Waals surface area contributed by atoms with Crippen molar-refractivity contribution in [1.82, 2.24) is 4.90 Å². The van der Waals surface area contributed by atoms with E-state index in [1.54, 1.807) is 4.90 Å². The van der Waals surface area contributed by atoms with Crippen molar-refractivity contribution in [2.45, 2.75) is 32.4 Å². The number of anilines is 1. The van der Waals surface area contributed by atoms with Gasteiger partial charge in [0.2, 0.25) is 5.91 Å². The number of nitrogens with zero attached hydrogens (tertiary/aromatic N) is 3. The van der Waals surface area contributed by atoms with Crippen molar-refractivity contribution >= 4 is 11.6 Å². The molecule has 2 rings (SSSR count). The molecule has 2 unspecified atom stereocenters. The van der Waals surface area contributed by atoms with Gasteiger partial charge in [0.15, 0.2) is 0 Å². The van der Waals surface area contributed by atoms with Gasteiger partial charge in [-0.3, -0.25) is 4.79 Å². The van der Waals surface area contributed by atoms with Crippen molar-refractivity contribution in [3.63, 3.8) is 0 Å². The molecule has 1 saturated heterocycles. The fraction of sp³-hybridized carbons (Fsp3) is 0.467. The number of benzene rings is 1. The second-order valence-corrected chi connectivity index (χ2v) is 5.17. The molecule has 0 saturated carbocycles. The van der Waals surface area contributed by atoms with Gasteiger partial charge in [0, 0.05) is 25.3 Å². The summed E-state index contributed by atoms with van der Waals surface area (Å²) in [6, 6.07) is 10.0. The largest absolute Gasteiger partial charge is 0.357 e. The Morgan fingerprint density at radius 2 is 2.21 bits per heavy atom. The maximum atomic E-state index is 12.3. The van der Waals surface area contributed by atoms with Crippen molar-refractivity contribution in [3.05, 3.63) is 29.8 Å². The van der Waals surface area contributed by atoms with Crippen molar-refractivity contribution in [2.24, 2.45) is 0 Å². The fourth-order valence-electron chi connectivity index (χ4n) is 2.50. The van der Waals surface area contributed by atoms with Crippen LogP contribution in [0.5, 0.6) is 0 Å². The number of piperazine rings is 1. The van der Waals surface area contributed by atoms with Gasteiger partial charge in [-0.15, -0.1) is 0 Å². The summed E-state index contributed by atoms with van der Waals surface area (Å²) in [5.41, 5.74) is 2.18. The predicted octanol–water partition coefficient (Wildman–Crippen LogP) is 1.94. The number of carbonyl (C=O) groups is 1. The molecule has 2 atom stereocenters. The molecule has 0 bridgehead atoms. The topological polar surface area (TPSA) is 47.3 Å². The minimum absolute atomic E-state index is 0.0295. The Hall–Kier alpha value is -2.02. The number of rotatable bonds is 2. The standard InChI is InChI=1S/C15H19N3O/c1-11-5-4-6-13(9-11)18-10-12(2)17(3)15(19)14(18)7-8-16/h4-6,9,12,14H,7,10H2,1-3H3. The monoisotopic (exact) mass is 257 g/mol. The highest BCUT2D eigenvalue weighted by Crippen LogP contribution is 2.25. The zero-order chi connectivity index (χ0) is 14.0. The minimum atomic E-state index is -0.368. The molecule has 1 heterocycles. The second kappa shape index (κ2) is 5.31. The van der Waals surface area contributed by atoms with E-state index in [1.807, 2.05) is 39.1 Å². The SMILES string of the molecule is Cc1cccc(N2CC(C)N(C)C(=O)C2CC#N)c1. The molecule has 19 heavy (non-hydrogen) atoms. The Morgan fingerprint density at radius 1 is 1.47 bits per heavy atom. The molecule has 1 aromatic carbocycles. The van der Waals surface area contributed by atoms with Crippen LogP contribution in [0.1, 0.15) is 18.9 Å².